The maximum Gasteiger partial charge on any atom is 0.222 e. The summed E-state index contributed by atoms with van der Waals surface area (Å²) in [5.74, 6) is 1.99. The SMILES string of the molecule is Cc1cc(N2CCC(c3ccccc3)CC2)nc(N)n1. The molecule has 0 unspecified atom stereocenters. The molecule has 0 bridgehead atoms. The van der Waals surface area contributed by atoms with Crippen molar-refractivity contribution in [3.8, 4) is 0 Å². The van der Waals surface area contributed by atoms with Crippen LogP contribution in [0.15, 0.2) is 36.4 Å². The number of rotatable bonds is 2. The first-order chi connectivity index (χ1) is 9.72. The Balaban J connectivity index is 1.69. The molecule has 1 aromatic heterocycles. The quantitative estimate of drug-likeness (QED) is 0.910. The molecule has 1 saturated heterocycles. The molecule has 2 N–H and O–H groups in total. The molecule has 0 atom stereocenters. The smallest absolute Gasteiger partial charge is 0.222 e. The van der Waals surface area contributed by atoms with E-state index < -0.39 is 0 Å². The summed E-state index contributed by atoms with van der Waals surface area (Å²) in [4.78, 5) is 10.8. The predicted molar refractivity (Wildman–Crippen MR) is 81.8 cm³/mol. The second kappa shape index (κ2) is 5.49. The van der Waals surface area contributed by atoms with E-state index in [0.29, 0.717) is 11.9 Å². The first-order valence-corrected chi connectivity index (χ1v) is 7.13. The first kappa shape index (κ1) is 12.9. The molecule has 2 aromatic rings. The van der Waals surface area contributed by atoms with E-state index in [9.17, 15) is 0 Å². The molecule has 0 saturated carbocycles. The highest BCUT2D eigenvalue weighted by molar-refractivity contribution is 5.44. The van der Waals surface area contributed by atoms with Crippen molar-refractivity contribution in [3.63, 3.8) is 0 Å². The molecule has 2 heterocycles. The molecule has 0 amide bonds. The average Bonchev–Trinajstić information content (AvgIpc) is 2.47. The van der Waals surface area contributed by atoms with E-state index in [0.717, 1.165) is 37.4 Å². The van der Waals surface area contributed by atoms with Crippen molar-refractivity contribution in [1.82, 2.24) is 9.97 Å². The lowest BCUT2D eigenvalue weighted by Gasteiger charge is -2.33. The molecule has 0 radical (unpaired) electrons. The molecule has 1 aliphatic heterocycles. The van der Waals surface area contributed by atoms with E-state index in [1.807, 2.05) is 13.0 Å². The summed E-state index contributed by atoms with van der Waals surface area (Å²) in [6, 6.07) is 12.8. The van der Waals surface area contributed by atoms with Crippen LogP contribution in [-0.2, 0) is 0 Å². The summed E-state index contributed by atoms with van der Waals surface area (Å²) < 4.78 is 0. The van der Waals surface area contributed by atoms with Crippen molar-refractivity contribution in [1.29, 1.82) is 0 Å². The van der Waals surface area contributed by atoms with Crippen LogP contribution in [0, 0.1) is 6.92 Å². The lowest BCUT2D eigenvalue weighted by atomic mass is 9.89. The molecule has 1 fully saturated rings. The van der Waals surface area contributed by atoms with Crippen molar-refractivity contribution >= 4 is 11.8 Å². The molecule has 4 heteroatoms. The third kappa shape index (κ3) is 2.74. The van der Waals surface area contributed by atoms with Gasteiger partial charge < -0.3 is 10.6 Å². The topological polar surface area (TPSA) is 55.0 Å². The van der Waals surface area contributed by atoms with Crippen LogP contribution in [0.2, 0.25) is 0 Å². The second-order valence-corrected chi connectivity index (χ2v) is 5.40. The largest absolute Gasteiger partial charge is 0.368 e. The number of hydrogen-bond donors (Lipinski definition) is 1. The van der Waals surface area contributed by atoms with Crippen LogP contribution in [0.3, 0.4) is 0 Å². The van der Waals surface area contributed by atoms with Crippen molar-refractivity contribution in [2.24, 2.45) is 0 Å². The second-order valence-electron chi connectivity index (χ2n) is 5.40. The van der Waals surface area contributed by atoms with E-state index in [1.165, 1.54) is 5.56 Å². The lowest BCUT2D eigenvalue weighted by Crippen LogP contribution is -2.33. The molecule has 0 spiro atoms. The van der Waals surface area contributed by atoms with Gasteiger partial charge in [-0.25, -0.2) is 4.98 Å². The minimum Gasteiger partial charge on any atom is -0.368 e. The van der Waals surface area contributed by atoms with Gasteiger partial charge >= 0.3 is 0 Å². The highest BCUT2D eigenvalue weighted by Crippen LogP contribution is 2.29. The van der Waals surface area contributed by atoms with Gasteiger partial charge in [-0.1, -0.05) is 30.3 Å². The fraction of sp³-hybridized carbons (Fsp3) is 0.375. The average molecular weight is 268 g/mol. The van der Waals surface area contributed by atoms with Crippen molar-refractivity contribution < 1.29 is 0 Å². The van der Waals surface area contributed by atoms with Crippen LogP contribution in [0.5, 0.6) is 0 Å². The Labute approximate surface area is 119 Å². The Morgan fingerprint density at radius 3 is 2.45 bits per heavy atom. The van der Waals surface area contributed by atoms with E-state index in [1.54, 1.807) is 0 Å². The zero-order valence-corrected chi connectivity index (χ0v) is 11.8. The number of aryl methyl sites for hydroxylation is 1. The van der Waals surface area contributed by atoms with Gasteiger partial charge in [0.15, 0.2) is 0 Å². The van der Waals surface area contributed by atoms with Gasteiger partial charge in [0.25, 0.3) is 0 Å². The molecule has 1 aliphatic rings. The summed E-state index contributed by atoms with van der Waals surface area (Å²) >= 11 is 0. The van der Waals surface area contributed by atoms with E-state index in [2.05, 4.69) is 45.2 Å². The molecule has 104 valence electrons. The standard InChI is InChI=1S/C16H20N4/c1-12-11-15(19-16(17)18-12)20-9-7-14(8-10-20)13-5-3-2-4-6-13/h2-6,11,14H,7-10H2,1H3,(H2,17,18,19). The highest BCUT2D eigenvalue weighted by Gasteiger charge is 2.21. The van der Waals surface area contributed by atoms with Gasteiger partial charge in [-0.05, 0) is 31.2 Å². The summed E-state index contributed by atoms with van der Waals surface area (Å²) in [5, 5.41) is 0. The van der Waals surface area contributed by atoms with Crippen LogP contribution >= 0.6 is 0 Å². The molecular weight excluding hydrogens is 248 g/mol. The van der Waals surface area contributed by atoms with E-state index in [4.69, 9.17) is 5.73 Å². The summed E-state index contributed by atoms with van der Waals surface area (Å²) in [7, 11) is 0. The van der Waals surface area contributed by atoms with Gasteiger partial charge in [0, 0.05) is 24.8 Å². The summed E-state index contributed by atoms with van der Waals surface area (Å²) in [6.07, 6.45) is 2.32. The number of piperidine rings is 1. The Bertz CT molecular complexity index is 554. The van der Waals surface area contributed by atoms with Gasteiger partial charge in [-0.3, -0.25) is 0 Å². The Morgan fingerprint density at radius 1 is 1.10 bits per heavy atom. The molecule has 4 nitrogen and oxygen atoms in total. The number of aromatic nitrogens is 2. The normalized spacial score (nSPS) is 16.4. The van der Waals surface area contributed by atoms with Crippen LogP contribution in [0.1, 0.15) is 30.0 Å². The summed E-state index contributed by atoms with van der Waals surface area (Å²) in [6.45, 7) is 4.00. The molecule has 0 aliphatic carbocycles. The maximum atomic E-state index is 5.74. The molecule has 20 heavy (non-hydrogen) atoms. The minimum atomic E-state index is 0.366. The lowest BCUT2D eigenvalue weighted by molar-refractivity contribution is 0.502. The Kier molecular flexibility index (Phi) is 3.54. The van der Waals surface area contributed by atoms with Crippen molar-refractivity contribution in [3.05, 3.63) is 47.7 Å². The monoisotopic (exact) mass is 268 g/mol. The number of benzene rings is 1. The fourth-order valence-electron chi connectivity index (χ4n) is 2.90. The third-order valence-electron chi connectivity index (χ3n) is 3.95. The highest BCUT2D eigenvalue weighted by atomic mass is 15.2. The summed E-state index contributed by atoms with van der Waals surface area (Å²) in [5.41, 5.74) is 8.11. The van der Waals surface area contributed by atoms with E-state index in [-0.39, 0.29) is 0 Å². The van der Waals surface area contributed by atoms with Crippen molar-refractivity contribution in [2.45, 2.75) is 25.7 Å². The van der Waals surface area contributed by atoms with Crippen LogP contribution in [0.25, 0.3) is 0 Å². The van der Waals surface area contributed by atoms with Crippen LogP contribution in [-0.4, -0.2) is 23.1 Å². The molecular formula is C16H20N4. The number of nitrogen functional groups attached to an aromatic ring is 1. The Morgan fingerprint density at radius 2 is 1.80 bits per heavy atom. The van der Waals surface area contributed by atoms with Gasteiger partial charge in [0.1, 0.15) is 5.82 Å². The van der Waals surface area contributed by atoms with Gasteiger partial charge in [-0.15, -0.1) is 0 Å². The first-order valence-electron chi connectivity index (χ1n) is 7.13. The van der Waals surface area contributed by atoms with Gasteiger partial charge in [0.05, 0.1) is 0 Å². The number of hydrogen-bond acceptors (Lipinski definition) is 4. The van der Waals surface area contributed by atoms with E-state index >= 15 is 0 Å². The maximum absolute atomic E-state index is 5.74. The number of anilines is 2. The fourth-order valence-corrected chi connectivity index (χ4v) is 2.90. The Hall–Kier alpha value is -2.10. The minimum absolute atomic E-state index is 0.366. The van der Waals surface area contributed by atoms with Crippen LogP contribution in [0.4, 0.5) is 11.8 Å². The third-order valence-corrected chi connectivity index (χ3v) is 3.95. The van der Waals surface area contributed by atoms with Gasteiger partial charge in [-0.2, -0.15) is 4.98 Å². The van der Waals surface area contributed by atoms with Crippen LogP contribution < -0.4 is 10.6 Å². The van der Waals surface area contributed by atoms with Crippen molar-refractivity contribution in [2.75, 3.05) is 23.7 Å². The van der Waals surface area contributed by atoms with Gasteiger partial charge in [0.2, 0.25) is 5.95 Å². The zero-order chi connectivity index (χ0) is 13.9. The molecule has 3 rings (SSSR count). The predicted octanol–water partition coefficient (Wildman–Crippen LogP) is 2.75. The molecule has 1 aromatic carbocycles. The number of nitrogens with two attached hydrogens (primary N) is 1. The zero-order valence-electron chi connectivity index (χ0n) is 11.8. The number of nitrogens with zero attached hydrogens (tertiary/aromatic N) is 3.